The van der Waals surface area contributed by atoms with Crippen molar-refractivity contribution in [3.05, 3.63) is 41.7 Å². The minimum atomic E-state index is 0.0683. The highest BCUT2D eigenvalue weighted by molar-refractivity contribution is 7.99. The lowest BCUT2D eigenvalue weighted by atomic mass is 10.3. The van der Waals surface area contributed by atoms with Gasteiger partial charge in [0.2, 0.25) is 5.91 Å². The van der Waals surface area contributed by atoms with Gasteiger partial charge in [0.25, 0.3) is 0 Å². The van der Waals surface area contributed by atoms with E-state index in [2.05, 4.69) is 30.8 Å². The fourth-order valence-electron chi connectivity index (χ4n) is 2.76. The molecule has 1 aromatic carbocycles. The fraction of sp³-hybridized carbons (Fsp3) is 0.300. The third-order valence-electron chi connectivity index (χ3n) is 4.55. The summed E-state index contributed by atoms with van der Waals surface area (Å²) in [6, 6.07) is 9.38. The number of nitrogen functional groups attached to an aromatic ring is 1. The average Bonchev–Trinajstić information content (AvgIpc) is 3.53. The summed E-state index contributed by atoms with van der Waals surface area (Å²) in [5.41, 5.74) is 8.73. The topological polar surface area (TPSA) is 140 Å². The normalized spacial score (nSPS) is 13.2. The minimum Gasteiger partial charge on any atom is -0.394 e. The van der Waals surface area contributed by atoms with Crippen molar-refractivity contribution in [1.82, 2.24) is 20.2 Å². The number of hydrogen-bond acceptors (Lipinski definition) is 9. The molecule has 1 aliphatic carbocycles. The van der Waals surface area contributed by atoms with Crippen LogP contribution in [0.3, 0.4) is 0 Å². The molecule has 10 nitrogen and oxygen atoms in total. The van der Waals surface area contributed by atoms with Crippen LogP contribution in [-0.4, -0.2) is 33.2 Å². The lowest BCUT2D eigenvalue weighted by Gasteiger charge is -2.12. The van der Waals surface area contributed by atoms with Gasteiger partial charge in [0.1, 0.15) is 6.61 Å². The van der Waals surface area contributed by atoms with Crippen LogP contribution in [-0.2, 0) is 21.2 Å². The monoisotopic (exact) mass is 441 g/mol. The molecular formula is C20H23N7O3S. The first kappa shape index (κ1) is 21.1. The molecule has 4 rings (SSSR count). The van der Waals surface area contributed by atoms with E-state index in [0.29, 0.717) is 28.2 Å². The fourth-order valence-corrected chi connectivity index (χ4v) is 3.54. The molecule has 3 aromatic rings. The van der Waals surface area contributed by atoms with Crippen molar-refractivity contribution < 1.29 is 14.6 Å². The van der Waals surface area contributed by atoms with Crippen LogP contribution in [0.4, 0.5) is 23.0 Å². The summed E-state index contributed by atoms with van der Waals surface area (Å²) in [7, 11) is 1.42. The Morgan fingerprint density at radius 1 is 1.29 bits per heavy atom. The molecule has 0 atom stereocenters. The Hall–Kier alpha value is -3.15. The van der Waals surface area contributed by atoms with E-state index in [1.165, 1.54) is 18.9 Å². The molecule has 1 aliphatic rings. The predicted molar refractivity (Wildman–Crippen MR) is 117 cm³/mol. The Morgan fingerprint density at radius 2 is 2.06 bits per heavy atom. The van der Waals surface area contributed by atoms with Gasteiger partial charge in [0.05, 0.1) is 18.5 Å². The van der Waals surface area contributed by atoms with Gasteiger partial charge in [-0.25, -0.2) is 19.7 Å². The van der Waals surface area contributed by atoms with E-state index < -0.39 is 0 Å². The van der Waals surface area contributed by atoms with Crippen LogP contribution in [0.5, 0.6) is 0 Å². The molecule has 1 saturated carbocycles. The number of aromatic nitrogens is 4. The maximum atomic E-state index is 11.9. The average molecular weight is 442 g/mol. The first-order valence-corrected chi connectivity index (χ1v) is 10.5. The zero-order chi connectivity index (χ0) is 21.8. The molecule has 162 valence electrons. The Morgan fingerprint density at radius 3 is 2.71 bits per heavy atom. The van der Waals surface area contributed by atoms with Crippen molar-refractivity contribution in [3.63, 3.8) is 0 Å². The largest absolute Gasteiger partial charge is 0.394 e. The molecule has 0 radical (unpaired) electrons. The van der Waals surface area contributed by atoms with Crippen LogP contribution < -0.4 is 16.4 Å². The zero-order valence-electron chi connectivity index (χ0n) is 17.1. The van der Waals surface area contributed by atoms with Crippen LogP contribution in [0.1, 0.15) is 24.2 Å². The van der Waals surface area contributed by atoms with E-state index in [0.717, 1.165) is 29.1 Å². The predicted octanol–water partition coefficient (Wildman–Crippen LogP) is 3.41. The number of nitrogens with zero attached hydrogens (tertiary/aromatic N) is 3. The second-order valence-corrected chi connectivity index (χ2v) is 8.14. The summed E-state index contributed by atoms with van der Waals surface area (Å²) < 4.78 is 0. The standard InChI is InChI=1S/C20H23N7O3S/c1-11-9-16(27-26-11)24-18-17(21)15(10-30-29-2)23-20(25-18)31-14-7-5-13(6-8-14)22-19(28)12-3-4-12/h5-9,12H,3-4,10,21H2,1-2H3,(H,22,28)(H2,23,24,25,26,27). The molecule has 0 saturated heterocycles. The molecule has 0 aliphatic heterocycles. The molecule has 0 bridgehead atoms. The highest BCUT2D eigenvalue weighted by atomic mass is 32.2. The van der Waals surface area contributed by atoms with E-state index in [1.54, 1.807) is 0 Å². The number of aromatic amines is 1. The van der Waals surface area contributed by atoms with Crippen molar-refractivity contribution in [3.8, 4) is 0 Å². The van der Waals surface area contributed by atoms with Gasteiger partial charge in [-0.05, 0) is 55.8 Å². The molecule has 2 heterocycles. The Labute approximate surface area is 183 Å². The van der Waals surface area contributed by atoms with Crippen LogP contribution in [0.15, 0.2) is 40.4 Å². The molecule has 1 fully saturated rings. The second kappa shape index (κ2) is 9.33. The van der Waals surface area contributed by atoms with Gasteiger partial charge in [-0.1, -0.05) is 0 Å². The smallest absolute Gasteiger partial charge is 0.227 e. The molecule has 1 amide bonds. The van der Waals surface area contributed by atoms with Crippen molar-refractivity contribution in [2.24, 2.45) is 5.92 Å². The quantitative estimate of drug-likeness (QED) is 0.223. The number of anilines is 4. The van der Waals surface area contributed by atoms with Gasteiger partial charge in [-0.15, -0.1) is 0 Å². The molecule has 31 heavy (non-hydrogen) atoms. The second-order valence-electron chi connectivity index (χ2n) is 7.10. The van der Waals surface area contributed by atoms with Crippen molar-refractivity contribution in [2.75, 3.05) is 23.5 Å². The number of carbonyl (C=O) groups is 1. The summed E-state index contributed by atoms with van der Waals surface area (Å²) in [5.74, 6) is 1.25. The van der Waals surface area contributed by atoms with E-state index in [1.807, 2.05) is 37.3 Å². The van der Waals surface area contributed by atoms with E-state index in [9.17, 15) is 4.79 Å². The van der Waals surface area contributed by atoms with Crippen LogP contribution in [0.2, 0.25) is 0 Å². The van der Waals surface area contributed by atoms with Gasteiger partial charge in [-0.3, -0.25) is 9.89 Å². The highest BCUT2D eigenvalue weighted by Gasteiger charge is 2.29. The van der Waals surface area contributed by atoms with Crippen LogP contribution >= 0.6 is 11.8 Å². The molecular weight excluding hydrogens is 418 g/mol. The number of rotatable bonds is 9. The summed E-state index contributed by atoms with van der Waals surface area (Å²) in [4.78, 5) is 31.6. The van der Waals surface area contributed by atoms with Crippen LogP contribution in [0.25, 0.3) is 0 Å². The number of nitrogens with two attached hydrogens (primary N) is 1. The summed E-state index contributed by atoms with van der Waals surface area (Å²) in [6.45, 7) is 1.97. The minimum absolute atomic E-state index is 0.0683. The van der Waals surface area contributed by atoms with Crippen molar-refractivity contribution in [1.29, 1.82) is 0 Å². The third-order valence-corrected chi connectivity index (χ3v) is 5.42. The van der Waals surface area contributed by atoms with E-state index >= 15 is 0 Å². The first-order chi connectivity index (χ1) is 15.0. The maximum absolute atomic E-state index is 11.9. The molecule has 0 spiro atoms. The summed E-state index contributed by atoms with van der Waals surface area (Å²) in [6.07, 6.45) is 1.94. The van der Waals surface area contributed by atoms with Crippen molar-refractivity contribution in [2.45, 2.75) is 36.4 Å². The van der Waals surface area contributed by atoms with Crippen molar-refractivity contribution >= 4 is 40.7 Å². The van der Waals surface area contributed by atoms with Gasteiger partial charge in [-0.2, -0.15) is 5.10 Å². The van der Waals surface area contributed by atoms with Crippen LogP contribution in [0, 0.1) is 12.8 Å². The van der Waals surface area contributed by atoms with Gasteiger partial charge < -0.3 is 16.4 Å². The first-order valence-electron chi connectivity index (χ1n) is 9.71. The Balaban J connectivity index is 1.53. The molecule has 11 heteroatoms. The van der Waals surface area contributed by atoms with E-state index in [-0.39, 0.29) is 18.4 Å². The number of aryl methyl sites for hydroxylation is 1. The Bertz CT molecular complexity index is 1070. The number of carbonyl (C=O) groups excluding carboxylic acids is 1. The van der Waals surface area contributed by atoms with Gasteiger partial charge in [0.15, 0.2) is 16.8 Å². The summed E-state index contributed by atoms with van der Waals surface area (Å²) >= 11 is 1.37. The van der Waals surface area contributed by atoms with Gasteiger partial charge >= 0.3 is 0 Å². The number of benzene rings is 1. The zero-order valence-corrected chi connectivity index (χ0v) is 18.0. The summed E-state index contributed by atoms with van der Waals surface area (Å²) in [5, 5.41) is 13.5. The van der Waals surface area contributed by atoms with E-state index in [4.69, 9.17) is 15.5 Å². The molecule has 2 aromatic heterocycles. The highest BCUT2D eigenvalue weighted by Crippen LogP contribution is 2.32. The van der Waals surface area contributed by atoms with Gasteiger partial charge in [0, 0.05) is 28.3 Å². The Kier molecular flexibility index (Phi) is 6.35. The number of H-pyrrole nitrogens is 1. The number of nitrogens with one attached hydrogen (secondary N) is 3. The number of amides is 1. The SMILES string of the molecule is COOCc1nc(Sc2ccc(NC(=O)C3CC3)cc2)nc(Nc2cc(C)[nH]n2)c1N. The molecule has 0 unspecified atom stereocenters. The molecule has 5 N–H and O–H groups in total. The lowest BCUT2D eigenvalue weighted by molar-refractivity contribution is -0.282. The third kappa shape index (κ3) is 5.51. The number of hydrogen-bond donors (Lipinski definition) is 4. The maximum Gasteiger partial charge on any atom is 0.227 e. The lowest BCUT2D eigenvalue weighted by Crippen LogP contribution is -2.12.